The van der Waals surface area contributed by atoms with Crippen LogP contribution < -0.4 is 5.56 Å². The molecule has 0 spiro atoms. The summed E-state index contributed by atoms with van der Waals surface area (Å²) in [6.07, 6.45) is 5.72. The van der Waals surface area contributed by atoms with Gasteiger partial charge in [0.15, 0.2) is 0 Å². The van der Waals surface area contributed by atoms with Gasteiger partial charge in [0.05, 0.1) is 5.69 Å². The summed E-state index contributed by atoms with van der Waals surface area (Å²) in [6, 6.07) is 3.87. The van der Waals surface area contributed by atoms with E-state index < -0.39 is 0 Å². The number of fused-ring (bicyclic) bond motifs is 1. The van der Waals surface area contributed by atoms with Gasteiger partial charge in [0.2, 0.25) is 0 Å². The summed E-state index contributed by atoms with van der Waals surface area (Å²) in [5.41, 5.74) is 3.66. The number of nitrogens with one attached hydrogen (secondary N) is 1. The summed E-state index contributed by atoms with van der Waals surface area (Å²) >= 11 is 0. The fraction of sp³-hybridized carbons (Fsp3) is 0.357. The van der Waals surface area contributed by atoms with Crippen molar-refractivity contribution in [3.8, 4) is 11.4 Å². The van der Waals surface area contributed by atoms with Crippen molar-refractivity contribution in [1.29, 1.82) is 0 Å². The Morgan fingerprint density at radius 2 is 2.06 bits per heavy atom. The van der Waals surface area contributed by atoms with Crippen LogP contribution in [0.1, 0.15) is 29.8 Å². The molecule has 0 saturated carbocycles. The lowest BCUT2D eigenvalue weighted by atomic mass is 9.97. The smallest absolute Gasteiger partial charge is 0.254 e. The molecule has 0 atom stereocenters. The summed E-state index contributed by atoms with van der Waals surface area (Å²) in [6.45, 7) is 1.94. The highest BCUT2D eigenvalue weighted by atomic mass is 16.1. The van der Waals surface area contributed by atoms with Gasteiger partial charge in [-0.05, 0) is 44.7 Å². The molecule has 0 radical (unpaired) electrons. The first-order valence-corrected chi connectivity index (χ1v) is 6.29. The van der Waals surface area contributed by atoms with Gasteiger partial charge in [0.1, 0.15) is 5.82 Å². The lowest BCUT2D eigenvalue weighted by Gasteiger charge is -2.14. The van der Waals surface area contributed by atoms with Crippen LogP contribution >= 0.6 is 0 Å². The Balaban J connectivity index is 2.11. The summed E-state index contributed by atoms with van der Waals surface area (Å²) < 4.78 is 0. The predicted octanol–water partition coefficient (Wildman–Crippen LogP) is 2.02. The van der Waals surface area contributed by atoms with Crippen molar-refractivity contribution in [3.05, 3.63) is 45.6 Å². The third-order valence-corrected chi connectivity index (χ3v) is 3.38. The number of rotatable bonds is 1. The number of aryl methyl sites for hydroxylation is 2. The normalized spacial score (nSPS) is 14.3. The number of H-pyrrole nitrogens is 1. The van der Waals surface area contributed by atoms with Crippen LogP contribution in [0.25, 0.3) is 11.4 Å². The molecule has 0 amide bonds. The maximum absolute atomic E-state index is 12.0. The van der Waals surface area contributed by atoms with E-state index in [1.165, 1.54) is 0 Å². The second kappa shape index (κ2) is 4.37. The molecule has 4 nitrogen and oxygen atoms in total. The second-order valence-electron chi connectivity index (χ2n) is 4.74. The zero-order valence-corrected chi connectivity index (χ0v) is 10.4. The predicted molar refractivity (Wildman–Crippen MR) is 69.5 cm³/mol. The first kappa shape index (κ1) is 11.1. The van der Waals surface area contributed by atoms with Crippen molar-refractivity contribution < 1.29 is 0 Å². The van der Waals surface area contributed by atoms with Gasteiger partial charge in [-0.3, -0.25) is 9.78 Å². The highest BCUT2D eigenvalue weighted by molar-refractivity contribution is 5.53. The molecule has 1 aliphatic rings. The van der Waals surface area contributed by atoms with E-state index in [0.717, 1.165) is 48.2 Å². The van der Waals surface area contributed by atoms with Gasteiger partial charge in [-0.15, -0.1) is 0 Å². The summed E-state index contributed by atoms with van der Waals surface area (Å²) in [5, 5.41) is 0. The Morgan fingerprint density at radius 1 is 1.22 bits per heavy atom. The minimum absolute atomic E-state index is 0.00951. The minimum atomic E-state index is 0.00951. The lowest BCUT2D eigenvalue weighted by molar-refractivity contribution is 0.657. The molecule has 0 unspecified atom stereocenters. The lowest BCUT2D eigenvalue weighted by Crippen LogP contribution is -2.21. The number of aromatic nitrogens is 3. The molecule has 3 rings (SSSR count). The van der Waals surface area contributed by atoms with Gasteiger partial charge in [-0.1, -0.05) is 0 Å². The van der Waals surface area contributed by atoms with Crippen LogP contribution in [-0.4, -0.2) is 15.0 Å². The van der Waals surface area contributed by atoms with E-state index in [1.807, 2.05) is 19.1 Å². The monoisotopic (exact) mass is 241 g/mol. The van der Waals surface area contributed by atoms with Crippen molar-refractivity contribution >= 4 is 0 Å². The first-order valence-electron chi connectivity index (χ1n) is 6.29. The number of pyridine rings is 1. The minimum Gasteiger partial charge on any atom is -0.306 e. The van der Waals surface area contributed by atoms with Crippen LogP contribution in [-0.2, 0) is 12.8 Å². The molecule has 2 aromatic heterocycles. The largest absolute Gasteiger partial charge is 0.306 e. The zero-order valence-electron chi connectivity index (χ0n) is 10.4. The van der Waals surface area contributed by atoms with Crippen LogP contribution in [0.4, 0.5) is 0 Å². The Morgan fingerprint density at radius 3 is 2.83 bits per heavy atom. The topological polar surface area (TPSA) is 58.6 Å². The highest BCUT2D eigenvalue weighted by Crippen LogP contribution is 2.19. The van der Waals surface area contributed by atoms with Crippen molar-refractivity contribution in [2.75, 3.05) is 0 Å². The highest BCUT2D eigenvalue weighted by Gasteiger charge is 2.15. The van der Waals surface area contributed by atoms with Crippen molar-refractivity contribution in [3.63, 3.8) is 0 Å². The fourth-order valence-corrected chi connectivity index (χ4v) is 2.35. The van der Waals surface area contributed by atoms with Gasteiger partial charge < -0.3 is 4.98 Å². The number of nitrogens with zero attached hydrogens (tertiary/aromatic N) is 2. The van der Waals surface area contributed by atoms with Crippen LogP contribution in [0.5, 0.6) is 0 Å². The molecule has 92 valence electrons. The van der Waals surface area contributed by atoms with Gasteiger partial charge in [-0.25, -0.2) is 4.98 Å². The molecule has 4 heteroatoms. The molecule has 0 aromatic carbocycles. The van der Waals surface area contributed by atoms with E-state index >= 15 is 0 Å². The molecule has 2 heterocycles. The molecule has 0 bridgehead atoms. The van der Waals surface area contributed by atoms with Crippen LogP contribution in [0.15, 0.2) is 23.1 Å². The van der Waals surface area contributed by atoms with Gasteiger partial charge in [0.25, 0.3) is 5.56 Å². The SMILES string of the molecule is Cc1ccc(-c2nc3c(c(=O)[nH]2)CCCC3)cn1. The number of hydrogen-bond donors (Lipinski definition) is 1. The van der Waals surface area contributed by atoms with E-state index in [0.29, 0.717) is 5.82 Å². The fourth-order valence-electron chi connectivity index (χ4n) is 2.35. The van der Waals surface area contributed by atoms with E-state index in [-0.39, 0.29) is 5.56 Å². The third-order valence-electron chi connectivity index (χ3n) is 3.38. The molecular weight excluding hydrogens is 226 g/mol. The maximum atomic E-state index is 12.0. The van der Waals surface area contributed by atoms with E-state index in [4.69, 9.17) is 0 Å². The van der Waals surface area contributed by atoms with Gasteiger partial charge >= 0.3 is 0 Å². The Labute approximate surface area is 105 Å². The Kier molecular flexibility index (Phi) is 2.70. The average Bonchev–Trinajstić information content (AvgIpc) is 2.39. The van der Waals surface area contributed by atoms with Crippen molar-refractivity contribution in [2.45, 2.75) is 32.6 Å². The van der Waals surface area contributed by atoms with Crippen LogP contribution in [0.3, 0.4) is 0 Å². The average molecular weight is 241 g/mol. The van der Waals surface area contributed by atoms with E-state index in [1.54, 1.807) is 6.20 Å². The quantitative estimate of drug-likeness (QED) is 0.831. The molecule has 0 fully saturated rings. The van der Waals surface area contributed by atoms with Crippen LogP contribution in [0, 0.1) is 6.92 Å². The second-order valence-corrected chi connectivity index (χ2v) is 4.74. The maximum Gasteiger partial charge on any atom is 0.254 e. The molecule has 0 aliphatic heterocycles. The number of aromatic amines is 1. The summed E-state index contributed by atoms with van der Waals surface area (Å²) in [7, 11) is 0. The molecule has 1 aliphatic carbocycles. The van der Waals surface area contributed by atoms with Gasteiger partial charge in [0, 0.05) is 23.0 Å². The van der Waals surface area contributed by atoms with Crippen molar-refractivity contribution in [1.82, 2.24) is 15.0 Å². The van der Waals surface area contributed by atoms with Gasteiger partial charge in [-0.2, -0.15) is 0 Å². The molecule has 2 aromatic rings. The Bertz CT molecular complexity index is 628. The number of hydrogen-bond acceptors (Lipinski definition) is 3. The van der Waals surface area contributed by atoms with E-state index in [2.05, 4.69) is 15.0 Å². The summed E-state index contributed by atoms with van der Waals surface area (Å²) in [5.74, 6) is 0.633. The summed E-state index contributed by atoms with van der Waals surface area (Å²) in [4.78, 5) is 23.7. The zero-order chi connectivity index (χ0) is 12.5. The van der Waals surface area contributed by atoms with Crippen LogP contribution in [0.2, 0.25) is 0 Å². The standard InChI is InChI=1S/C14H15N3O/c1-9-6-7-10(8-15-9)13-16-12-5-3-2-4-11(12)14(18)17-13/h6-8H,2-5H2,1H3,(H,16,17,18). The molecule has 1 N–H and O–H groups in total. The third kappa shape index (κ3) is 1.94. The molecular formula is C14H15N3O. The Hall–Kier alpha value is -1.97. The first-order chi connectivity index (χ1) is 8.74. The molecule has 18 heavy (non-hydrogen) atoms. The molecule has 0 saturated heterocycles. The van der Waals surface area contributed by atoms with Crippen molar-refractivity contribution in [2.24, 2.45) is 0 Å². The van der Waals surface area contributed by atoms with E-state index in [9.17, 15) is 4.79 Å².